The molecule has 3 rings (SSSR count). The SMILES string of the molecule is Cc1ccsc1C[NH+](C)[C@H](C)C(=O)N1CC(=O)Nc2ccccc21. The maximum Gasteiger partial charge on any atom is 0.285 e. The molecule has 1 aromatic heterocycles. The summed E-state index contributed by atoms with van der Waals surface area (Å²) in [6.45, 7) is 4.90. The molecule has 2 amide bonds. The number of quaternary nitrogens is 1. The van der Waals surface area contributed by atoms with Crippen molar-refractivity contribution >= 4 is 34.5 Å². The van der Waals surface area contributed by atoms with Gasteiger partial charge < -0.3 is 10.2 Å². The van der Waals surface area contributed by atoms with E-state index in [0.717, 1.165) is 17.1 Å². The zero-order valence-electron chi connectivity index (χ0n) is 14.1. The number of hydrogen-bond acceptors (Lipinski definition) is 3. The number of nitrogens with zero attached hydrogens (tertiary/aromatic N) is 1. The minimum absolute atomic E-state index is 0.0241. The molecule has 0 aliphatic carbocycles. The average molecular weight is 344 g/mol. The van der Waals surface area contributed by atoms with Crippen molar-refractivity contribution in [1.82, 2.24) is 0 Å². The highest BCUT2D eigenvalue weighted by atomic mass is 32.1. The van der Waals surface area contributed by atoms with E-state index in [1.165, 1.54) is 10.4 Å². The van der Waals surface area contributed by atoms with Crippen molar-refractivity contribution in [3.8, 4) is 0 Å². The highest BCUT2D eigenvalue weighted by Gasteiger charge is 2.33. The lowest BCUT2D eigenvalue weighted by Gasteiger charge is -2.32. The van der Waals surface area contributed by atoms with E-state index in [-0.39, 0.29) is 24.4 Å². The first kappa shape index (κ1) is 16.7. The average Bonchev–Trinajstić information content (AvgIpc) is 2.97. The third kappa shape index (κ3) is 3.20. The highest BCUT2D eigenvalue weighted by molar-refractivity contribution is 7.10. The molecule has 0 saturated heterocycles. The molecule has 126 valence electrons. The van der Waals surface area contributed by atoms with Gasteiger partial charge in [-0.25, -0.2) is 0 Å². The Morgan fingerprint density at radius 1 is 1.38 bits per heavy atom. The minimum atomic E-state index is -0.231. The van der Waals surface area contributed by atoms with Crippen LogP contribution in [0.15, 0.2) is 35.7 Å². The standard InChI is InChI=1S/C18H21N3O2S/c1-12-8-9-24-16(12)10-20(3)13(2)18(23)21-11-17(22)19-14-6-4-5-7-15(14)21/h4-9,13H,10-11H2,1-3H3,(H,19,22)/p+1/t13-/m1/s1. The normalized spacial score (nSPS) is 16.3. The summed E-state index contributed by atoms with van der Waals surface area (Å²) in [7, 11) is 2.03. The van der Waals surface area contributed by atoms with Gasteiger partial charge >= 0.3 is 0 Å². The number of aryl methyl sites for hydroxylation is 1. The maximum atomic E-state index is 13.0. The van der Waals surface area contributed by atoms with Crippen LogP contribution in [0.4, 0.5) is 11.4 Å². The van der Waals surface area contributed by atoms with Crippen LogP contribution in [0, 0.1) is 6.92 Å². The number of benzene rings is 1. The summed E-state index contributed by atoms with van der Waals surface area (Å²) >= 11 is 1.72. The molecule has 0 spiro atoms. The molecule has 2 heterocycles. The van der Waals surface area contributed by atoms with Gasteiger partial charge in [0.25, 0.3) is 5.91 Å². The van der Waals surface area contributed by atoms with E-state index in [0.29, 0.717) is 5.69 Å². The molecule has 2 N–H and O–H groups in total. The summed E-state index contributed by atoms with van der Waals surface area (Å²) in [5, 5.41) is 4.90. The number of fused-ring (bicyclic) bond motifs is 1. The second-order valence-electron chi connectivity index (χ2n) is 6.26. The number of anilines is 2. The quantitative estimate of drug-likeness (QED) is 0.882. The fourth-order valence-electron chi connectivity index (χ4n) is 2.87. The van der Waals surface area contributed by atoms with Crippen LogP contribution in [-0.4, -0.2) is 31.4 Å². The molecule has 2 atom stereocenters. The molecule has 1 aromatic carbocycles. The molecule has 1 unspecified atom stereocenters. The number of carbonyl (C=O) groups is 2. The van der Waals surface area contributed by atoms with Crippen molar-refractivity contribution in [2.75, 3.05) is 23.8 Å². The van der Waals surface area contributed by atoms with Gasteiger partial charge in [-0.3, -0.25) is 14.5 Å². The van der Waals surface area contributed by atoms with Gasteiger partial charge in [0.2, 0.25) is 5.91 Å². The second kappa shape index (κ2) is 6.75. The third-order valence-corrected chi connectivity index (χ3v) is 5.58. The molecule has 1 aliphatic rings. The summed E-state index contributed by atoms with van der Waals surface area (Å²) in [5.41, 5.74) is 2.73. The van der Waals surface area contributed by atoms with Gasteiger partial charge in [-0.1, -0.05) is 12.1 Å². The molecule has 0 saturated carbocycles. The van der Waals surface area contributed by atoms with Crippen molar-refractivity contribution in [3.63, 3.8) is 0 Å². The summed E-state index contributed by atoms with van der Waals surface area (Å²) in [6, 6.07) is 9.30. The van der Waals surface area contributed by atoms with E-state index < -0.39 is 0 Å². The van der Waals surface area contributed by atoms with Crippen LogP contribution in [0.2, 0.25) is 0 Å². The monoisotopic (exact) mass is 344 g/mol. The van der Waals surface area contributed by atoms with E-state index in [9.17, 15) is 9.59 Å². The fraction of sp³-hybridized carbons (Fsp3) is 0.333. The van der Waals surface area contributed by atoms with Crippen LogP contribution >= 0.6 is 11.3 Å². The Kier molecular flexibility index (Phi) is 4.69. The first-order valence-corrected chi connectivity index (χ1v) is 8.91. The Hall–Kier alpha value is -2.18. The Bertz CT molecular complexity index is 771. The number of rotatable bonds is 4. The van der Waals surface area contributed by atoms with Crippen molar-refractivity contribution in [3.05, 3.63) is 46.2 Å². The van der Waals surface area contributed by atoms with Gasteiger partial charge in [0, 0.05) is 0 Å². The highest BCUT2D eigenvalue weighted by Crippen LogP contribution is 2.29. The third-order valence-electron chi connectivity index (χ3n) is 4.55. The van der Waals surface area contributed by atoms with E-state index in [1.54, 1.807) is 16.2 Å². The van der Waals surface area contributed by atoms with E-state index >= 15 is 0 Å². The Morgan fingerprint density at radius 2 is 2.12 bits per heavy atom. The van der Waals surface area contributed by atoms with Gasteiger partial charge in [0.15, 0.2) is 6.04 Å². The molecule has 24 heavy (non-hydrogen) atoms. The maximum absolute atomic E-state index is 13.0. The number of likely N-dealkylation sites (N-methyl/N-ethyl adjacent to an activating group) is 1. The van der Waals surface area contributed by atoms with Crippen LogP contribution in [-0.2, 0) is 16.1 Å². The number of para-hydroxylation sites is 2. The zero-order valence-corrected chi connectivity index (χ0v) is 14.9. The molecule has 0 fully saturated rings. The van der Waals surface area contributed by atoms with E-state index in [2.05, 4.69) is 23.7 Å². The lowest BCUT2D eigenvalue weighted by Crippen LogP contribution is -3.12. The zero-order chi connectivity index (χ0) is 17.3. The van der Waals surface area contributed by atoms with Gasteiger partial charge in [-0.2, -0.15) is 0 Å². The van der Waals surface area contributed by atoms with Gasteiger partial charge in [-0.05, 0) is 43.0 Å². The second-order valence-corrected chi connectivity index (χ2v) is 7.26. The topological polar surface area (TPSA) is 53.9 Å². The molecular weight excluding hydrogens is 322 g/mol. The predicted molar refractivity (Wildman–Crippen MR) is 96.5 cm³/mol. The van der Waals surface area contributed by atoms with Crippen LogP contribution < -0.4 is 15.1 Å². The molecular formula is C18H22N3O2S+. The lowest BCUT2D eigenvalue weighted by molar-refractivity contribution is -0.907. The summed E-state index contributed by atoms with van der Waals surface area (Å²) < 4.78 is 0. The smallest absolute Gasteiger partial charge is 0.285 e. The van der Waals surface area contributed by atoms with Crippen LogP contribution in [0.1, 0.15) is 17.4 Å². The molecule has 0 bridgehead atoms. The molecule has 1 aliphatic heterocycles. The first-order valence-electron chi connectivity index (χ1n) is 8.03. The van der Waals surface area contributed by atoms with Gasteiger partial charge in [-0.15, -0.1) is 11.3 Å². The molecule has 0 radical (unpaired) electrons. The Morgan fingerprint density at radius 3 is 2.83 bits per heavy atom. The summed E-state index contributed by atoms with van der Waals surface area (Å²) in [6.07, 6.45) is 0. The van der Waals surface area contributed by atoms with Gasteiger partial charge in [0.1, 0.15) is 13.1 Å². The first-order chi connectivity index (χ1) is 11.5. The van der Waals surface area contributed by atoms with Crippen molar-refractivity contribution in [1.29, 1.82) is 0 Å². The molecule has 5 nitrogen and oxygen atoms in total. The molecule has 6 heteroatoms. The Balaban J connectivity index is 1.78. The summed E-state index contributed by atoms with van der Waals surface area (Å²) in [4.78, 5) is 28.9. The van der Waals surface area contributed by atoms with Crippen LogP contribution in [0.25, 0.3) is 0 Å². The molecule has 2 aromatic rings. The fourth-order valence-corrected chi connectivity index (χ4v) is 3.87. The van der Waals surface area contributed by atoms with Crippen LogP contribution in [0.5, 0.6) is 0 Å². The van der Waals surface area contributed by atoms with Crippen molar-refractivity contribution in [2.45, 2.75) is 26.4 Å². The van der Waals surface area contributed by atoms with Crippen LogP contribution in [0.3, 0.4) is 0 Å². The Labute approximate surface area is 145 Å². The largest absolute Gasteiger partial charge is 0.323 e. The number of hydrogen-bond donors (Lipinski definition) is 2. The van der Waals surface area contributed by atoms with Crippen molar-refractivity contribution in [2.24, 2.45) is 0 Å². The number of amides is 2. The van der Waals surface area contributed by atoms with E-state index in [4.69, 9.17) is 0 Å². The van der Waals surface area contributed by atoms with Gasteiger partial charge in [0.05, 0.1) is 23.3 Å². The lowest BCUT2D eigenvalue weighted by atomic mass is 10.1. The number of thiophene rings is 1. The number of carbonyl (C=O) groups excluding carboxylic acids is 2. The predicted octanol–water partition coefficient (Wildman–Crippen LogP) is 1.45. The minimum Gasteiger partial charge on any atom is -0.323 e. The van der Waals surface area contributed by atoms with Crippen molar-refractivity contribution < 1.29 is 14.5 Å². The van der Waals surface area contributed by atoms with E-state index in [1.807, 2.05) is 38.2 Å². The number of nitrogens with one attached hydrogen (secondary N) is 2. The summed E-state index contributed by atoms with van der Waals surface area (Å²) in [5.74, 6) is -0.176.